The van der Waals surface area contributed by atoms with Crippen LogP contribution >= 0.6 is 0 Å². The molecule has 0 fully saturated rings. The SMILES string of the molecule is CCCNC(CCOC(C)CC)C(=O)OC. The summed E-state index contributed by atoms with van der Waals surface area (Å²) in [7, 11) is 1.42. The summed E-state index contributed by atoms with van der Waals surface area (Å²) in [5.41, 5.74) is 0. The minimum absolute atomic E-state index is 0.207. The molecule has 0 aromatic carbocycles. The summed E-state index contributed by atoms with van der Waals surface area (Å²) in [6.45, 7) is 7.59. The van der Waals surface area contributed by atoms with Crippen LogP contribution in [-0.4, -0.2) is 38.4 Å². The summed E-state index contributed by atoms with van der Waals surface area (Å²) >= 11 is 0. The molecule has 0 aromatic heterocycles. The Bertz CT molecular complexity index is 185. The molecule has 4 heteroatoms. The second kappa shape index (κ2) is 9.60. The van der Waals surface area contributed by atoms with Crippen molar-refractivity contribution in [2.24, 2.45) is 0 Å². The molecule has 0 saturated carbocycles. The maximum atomic E-state index is 11.4. The van der Waals surface area contributed by atoms with Gasteiger partial charge in [0.15, 0.2) is 0 Å². The minimum atomic E-state index is -0.242. The molecule has 0 heterocycles. The predicted molar refractivity (Wildman–Crippen MR) is 64.4 cm³/mol. The Morgan fingerprint density at radius 2 is 2.06 bits per heavy atom. The summed E-state index contributed by atoms with van der Waals surface area (Å²) in [5.74, 6) is -0.207. The van der Waals surface area contributed by atoms with Crippen LogP contribution in [0.3, 0.4) is 0 Å². The number of hydrogen-bond donors (Lipinski definition) is 1. The van der Waals surface area contributed by atoms with E-state index in [0.717, 1.165) is 19.4 Å². The number of rotatable bonds is 9. The molecule has 0 saturated heterocycles. The highest BCUT2D eigenvalue weighted by atomic mass is 16.5. The Morgan fingerprint density at radius 3 is 2.56 bits per heavy atom. The Balaban J connectivity index is 3.86. The van der Waals surface area contributed by atoms with Crippen LogP contribution in [0.4, 0.5) is 0 Å². The summed E-state index contributed by atoms with van der Waals surface area (Å²) in [6, 6.07) is -0.242. The zero-order valence-corrected chi connectivity index (χ0v) is 10.9. The van der Waals surface area contributed by atoms with E-state index in [1.54, 1.807) is 0 Å². The fraction of sp³-hybridized carbons (Fsp3) is 0.917. The van der Waals surface area contributed by atoms with Crippen molar-refractivity contribution in [3.8, 4) is 0 Å². The standard InChI is InChI=1S/C12H25NO3/c1-5-8-13-11(12(14)15-4)7-9-16-10(3)6-2/h10-11,13H,5-9H2,1-4H3. The van der Waals surface area contributed by atoms with E-state index in [1.165, 1.54) is 7.11 Å². The Labute approximate surface area is 98.7 Å². The molecule has 0 aliphatic rings. The van der Waals surface area contributed by atoms with E-state index in [1.807, 2.05) is 6.92 Å². The zero-order valence-electron chi connectivity index (χ0n) is 10.9. The van der Waals surface area contributed by atoms with Crippen molar-refractivity contribution in [2.75, 3.05) is 20.3 Å². The maximum Gasteiger partial charge on any atom is 0.322 e. The maximum absolute atomic E-state index is 11.4. The van der Waals surface area contributed by atoms with Crippen molar-refractivity contribution in [1.29, 1.82) is 0 Å². The smallest absolute Gasteiger partial charge is 0.322 e. The van der Waals surface area contributed by atoms with E-state index >= 15 is 0 Å². The number of hydrogen-bond acceptors (Lipinski definition) is 4. The lowest BCUT2D eigenvalue weighted by Crippen LogP contribution is -2.39. The lowest BCUT2D eigenvalue weighted by Gasteiger charge is -2.17. The number of ether oxygens (including phenoxy) is 2. The average molecular weight is 231 g/mol. The molecular weight excluding hydrogens is 206 g/mol. The first kappa shape index (κ1) is 15.4. The van der Waals surface area contributed by atoms with Crippen molar-refractivity contribution in [2.45, 2.75) is 52.2 Å². The van der Waals surface area contributed by atoms with Crippen molar-refractivity contribution < 1.29 is 14.3 Å². The lowest BCUT2D eigenvalue weighted by molar-refractivity contribution is -0.143. The second-order valence-electron chi connectivity index (χ2n) is 3.91. The Hall–Kier alpha value is -0.610. The average Bonchev–Trinajstić information content (AvgIpc) is 2.32. The van der Waals surface area contributed by atoms with Crippen LogP contribution in [-0.2, 0) is 14.3 Å². The molecule has 0 aliphatic carbocycles. The largest absolute Gasteiger partial charge is 0.468 e. The van der Waals surface area contributed by atoms with Crippen molar-refractivity contribution in [3.05, 3.63) is 0 Å². The fourth-order valence-electron chi connectivity index (χ4n) is 1.27. The number of methoxy groups -OCH3 is 1. The van der Waals surface area contributed by atoms with Crippen molar-refractivity contribution >= 4 is 5.97 Å². The molecule has 0 aliphatic heterocycles. The lowest BCUT2D eigenvalue weighted by atomic mass is 10.2. The van der Waals surface area contributed by atoms with Gasteiger partial charge in [-0.15, -0.1) is 0 Å². The summed E-state index contributed by atoms with van der Waals surface area (Å²) in [6.07, 6.45) is 2.91. The van der Waals surface area contributed by atoms with E-state index in [0.29, 0.717) is 13.0 Å². The third-order valence-electron chi connectivity index (χ3n) is 2.51. The molecule has 0 rings (SSSR count). The minimum Gasteiger partial charge on any atom is -0.468 e. The van der Waals surface area contributed by atoms with E-state index in [2.05, 4.69) is 19.2 Å². The molecule has 96 valence electrons. The molecule has 0 bridgehead atoms. The second-order valence-corrected chi connectivity index (χ2v) is 3.91. The first-order valence-electron chi connectivity index (χ1n) is 6.08. The number of nitrogens with one attached hydrogen (secondary N) is 1. The highest BCUT2D eigenvalue weighted by molar-refractivity contribution is 5.75. The van der Waals surface area contributed by atoms with Crippen LogP contribution in [0, 0.1) is 0 Å². The van der Waals surface area contributed by atoms with Gasteiger partial charge in [-0.25, -0.2) is 0 Å². The monoisotopic (exact) mass is 231 g/mol. The Morgan fingerprint density at radius 1 is 1.38 bits per heavy atom. The number of carbonyl (C=O) groups is 1. The van der Waals surface area contributed by atoms with Gasteiger partial charge in [-0.05, 0) is 32.7 Å². The van der Waals surface area contributed by atoms with Gasteiger partial charge in [-0.1, -0.05) is 13.8 Å². The molecule has 0 spiro atoms. The molecule has 0 aromatic rings. The predicted octanol–water partition coefficient (Wildman–Crippen LogP) is 1.73. The van der Waals surface area contributed by atoms with Gasteiger partial charge in [0.2, 0.25) is 0 Å². The van der Waals surface area contributed by atoms with Gasteiger partial charge < -0.3 is 14.8 Å². The van der Waals surface area contributed by atoms with Gasteiger partial charge in [0.05, 0.1) is 13.2 Å². The summed E-state index contributed by atoms with van der Waals surface area (Å²) in [4.78, 5) is 11.4. The zero-order chi connectivity index (χ0) is 12.4. The van der Waals surface area contributed by atoms with Gasteiger partial charge >= 0.3 is 5.97 Å². The molecule has 0 radical (unpaired) electrons. The van der Waals surface area contributed by atoms with Crippen LogP contribution in [0.15, 0.2) is 0 Å². The fourth-order valence-corrected chi connectivity index (χ4v) is 1.27. The van der Waals surface area contributed by atoms with E-state index in [4.69, 9.17) is 9.47 Å². The van der Waals surface area contributed by atoms with E-state index < -0.39 is 0 Å². The van der Waals surface area contributed by atoms with Crippen LogP contribution in [0.5, 0.6) is 0 Å². The van der Waals surface area contributed by atoms with Crippen LogP contribution in [0.25, 0.3) is 0 Å². The van der Waals surface area contributed by atoms with E-state index in [-0.39, 0.29) is 18.1 Å². The van der Waals surface area contributed by atoms with E-state index in [9.17, 15) is 4.79 Å². The van der Waals surface area contributed by atoms with Gasteiger partial charge in [0, 0.05) is 6.61 Å². The van der Waals surface area contributed by atoms with Gasteiger partial charge in [0.25, 0.3) is 0 Å². The highest BCUT2D eigenvalue weighted by Crippen LogP contribution is 2.01. The molecule has 0 amide bonds. The normalized spacial score (nSPS) is 14.5. The van der Waals surface area contributed by atoms with Gasteiger partial charge in [0.1, 0.15) is 6.04 Å². The number of carbonyl (C=O) groups excluding carboxylic acids is 1. The quantitative estimate of drug-likeness (QED) is 0.614. The molecule has 4 nitrogen and oxygen atoms in total. The molecular formula is C12H25NO3. The molecule has 2 unspecified atom stereocenters. The van der Waals surface area contributed by atoms with Crippen molar-refractivity contribution in [1.82, 2.24) is 5.32 Å². The topological polar surface area (TPSA) is 47.6 Å². The molecule has 2 atom stereocenters. The summed E-state index contributed by atoms with van der Waals surface area (Å²) in [5, 5.41) is 3.16. The Kier molecular flexibility index (Phi) is 9.24. The summed E-state index contributed by atoms with van der Waals surface area (Å²) < 4.78 is 10.3. The van der Waals surface area contributed by atoms with Gasteiger partial charge in [-0.3, -0.25) is 4.79 Å². The first-order valence-corrected chi connectivity index (χ1v) is 6.08. The first-order chi connectivity index (χ1) is 7.65. The highest BCUT2D eigenvalue weighted by Gasteiger charge is 2.17. The third kappa shape index (κ3) is 6.80. The van der Waals surface area contributed by atoms with Crippen molar-refractivity contribution in [3.63, 3.8) is 0 Å². The van der Waals surface area contributed by atoms with Gasteiger partial charge in [-0.2, -0.15) is 0 Å². The van der Waals surface area contributed by atoms with Crippen LogP contribution in [0.1, 0.15) is 40.0 Å². The van der Waals surface area contributed by atoms with Crippen LogP contribution < -0.4 is 5.32 Å². The molecule has 1 N–H and O–H groups in total. The number of esters is 1. The third-order valence-corrected chi connectivity index (χ3v) is 2.51. The molecule has 16 heavy (non-hydrogen) atoms. The van der Waals surface area contributed by atoms with Crippen LogP contribution in [0.2, 0.25) is 0 Å².